The van der Waals surface area contributed by atoms with Gasteiger partial charge in [0.2, 0.25) is 5.82 Å². The molecule has 0 radical (unpaired) electrons. The second-order valence-corrected chi connectivity index (χ2v) is 3.47. The molecule has 0 amide bonds. The van der Waals surface area contributed by atoms with Crippen molar-refractivity contribution in [2.75, 3.05) is 6.54 Å². The lowest BCUT2D eigenvalue weighted by atomic mass is 10.1. The summed E-state index contributed by atoms with van der Waals surface area (Å²) in [4.78, 5) is 3.95. The van der Waals surface area contributed by atoms with Crippen LogP contribution in [-0.4, -0.2) is 25.9 Å². The maximum absolute atomic E-state index is 8.91. The van der Waals surface area contributed by atoms with Crippen LogP contribution in [0.25, 0.3) is 0 Å². The smallest absolute Gasteiger partial charge is 0.213 e. The van der Waals surface area contributed by atoms with Crippen molar-refractivity contribution in [1.82, 2.24) is 19.3 Å². The molecule has 16 heavy (non-hydrogen) atoms. The van der Waals surface area contributed by atoms with Crippen LogP contribution in [0.15, 0.2) is 24.8 Å². The first-order chi connectivity index (χ1) is 7.76. The summed E-state index contributed by atoms with van der Waals surface area (Å²) in [5.74, 6) is 0.360. The third kappa shape index (κ3) is 1.68. The molecule has 1 atom stereocenters. The molecule has 0 fully saturated rings. The predicted octanol–water partition coefficient (Wildman–Crippen LogP) is 0.0364. The highest BCUT2D eigenvalue weighted by atomic mass is 15.2. The Morgan fingerprint density at radius 3 is 3.00 bits per heavy atom. The van der Waals surface area contributed by atoms with E-state index in [-0.39, 0.29) is 6.04 Å². The number of nitrogens with two attached hydrogens (primary N) is 1. The molecule has 6 nitrogen and oxygen atoms in total. The number of imidazole rings is 1. The van der Waals surface area contributed by atoms with Crippen LogP contribution < -0.4 is 5.73 Å². The van der Waals surface area contributed by atoms with Gasteiger partial charge in [0.15, 0.2) is 0 Å². The molecule has 0 saturated heterocycles. The lowest BCUT2D eigenvalue weighted by Gasteiger charge is -2.15. The summed E-state index contributed by atoms with van der Waals surface area (Å²) >= 11 is 0. The summed E-state index contributed by atoms with van der Waals surface area (Å²) in [6.45, 7) is 0.400. The predicted molar refractivity (Wildman–Crippen MR) is 57.3 cm³/mol. The van der Waals surface area contributed by atoms with Crippen molar-refractivity contribution in [1.29, 1.82) is 5.26 Å². The van der Waals surface area contributed by atoms with E-state index in [1.165, 1.54) is 0 Å². The van der Waals surface area contributed by atoms with Gasteiger partial charge < -0.3 is 10.3 Å². The van der Waals surface area contributed by atoms with Gasteiger partial charge in [0.1, 0.15) is 6.07 Å². The molecule has 82 valence electrons. The van der Waals surface area contributed by atoms with E-state index < -0.39 is 0 Å². The molecule has 1 unspecified atom stereocenters. The first-order valence-electron chi connectivity index (χ1n) is 4.87. The first kappa shape index (κ1) is 10.4. The molecule has 2 aromatic heterocycles. The molecule has 0 spiro atoms. The average molecular weight is 216 g/mol. The molecule has 0 aliphatic heterocycles. The molecule has 0 aromatic carbocycles. The largest absolute Gasteiger partial charge is 0.328 e. The minimum Gasteiger partial charge on any atom is -0.328 e. The summed E-state index contributed by atoms with van der Waals surface area (Å²) in [7, 11) is 1.84. The van der Waals surface area contributed by atoms with Gasteiger partial charge in [-0.3, -0.25) is 4.68 Å². The van der Waals surface area contributed by atoms with Crippen molar-refractivity contribution in [3.05, 3.63) is 36.2 Å². The van der Waals surface area contributed by atoms with Crippen molar-refractivity contribution >= 4 is 0 Å². The van der Waals surface area contributed by atoms with Crippen molar-refractivity contribution in [3.8, 4) is 6.07 Å². The topological polar surface area (TPSA) is 85.5 Å². The fourth-order valence-electron chi connectivity index (χ4n) is 1.67. The van der Waals surface area contributed by atoms with Crippen LogP contribution in [0.5, 0.6) is 0 Å². The molecular formula is C10H12N6. The monoisotopic (exact) mass is 216 g/mol. The Balaban J connectivity index is 2.41. The maximum Gasteiger partial charge on any atom is 0.213 e. The molecule has 2 N–H and O–H groups in total. The Labute approximate surface area is 92.9 Å². The van der Waals surface area contributed by atoms with Gasteiger partial charge in [0.05, 0.1) is 12.2 Å². The highest BCUT2D eigenvalue weighted by molar-refractivity contribution is 5.19. The number of hydrogen-bond acceptors (Lipinski definition) is 4. The number of aromatic nitrogens is 4. The number of nitriles is 1. The summed E-state index contributed by atoms with van der Waals surface area (Å²) in [6.07, 6.45) is 6.98. The number of aryl methyl sites for hydroxylation is 1. The Morgan fingerprint density at radius 2 is 2.44 bits per heavy atom. The van der Waals surface area contributed by atoms with Gasteiger partial charge in [0, 0.05) is 37.7 Å². The lowest BCUT2D eigenvalue weighted by Crippen LogP contribution is -2.20. The average Bonchev–Trinajstić information content (AvgIpc) is 2.89. The van der Waals surface area contributed by atoms with E-state index in [0.29, 0.717) is 12.4 Å². The Hall–Kier alpha value is -2.13. The van der Waals surface area contributed by atoms with E-state index in [0.717, 1.165) is 5.56 Å². The van der Waals surface area contributed by atoms with Gasteiger partial charge >= 0.3 is 0 Å². The molecular weight excluding hydrogens is 204 g/mol. The van der Waals surface area contributed by atoms with Crippen LogP contribution in [0, 0.1) is 11.3 Å². The number of rotatable bonds is 3. The van der Waals surface area contributed by atoms with Gasteiger partial charge in [-0.1, -0.05) is 0 Å². The molecule has 0 aliphatic rings. The Bertz CT molecular complexity index is 517. The number of nitrogens with zero attached hydrogens (tertiary/aromatic N) is 5. The summed E-state index contributed by atoms with van der Waals surface area (Å²) in [5, 5.41) is 13.0. The van der Waals surface area contributed by atoms with Gasteiger partial charge in [0.25, 0.3) is 0 Å². The minimum absolute atomic E-state index is 0.0918. The first-order valence-corrected chi connectivity index (χ1v) is 4.87. The quantitative estimate of drug-likeness (QED) is 0.784. The highest BCUT2D eigenvalue weighted by Gasteiger charge is 2.16. The minimum atomic E-state index is -0.0918. The van der Waals surface area contributed by atoms with Crippen molar-refractivity contribution < 1.29 is 0 Å². The Kier molecular flexibility index (Phi) is 2.70. The summed E-state index contributed by atoms with van der Waals surface area (Å²) in [5.41, 5.74) is 6.71. The van der Waals surface area contributed by atoms with Crippen molar-refractivity contribution in [2.45, 2.75) is 6.04 Å². The zero-order valence-corrected chi connectivity index (χ0v) is 8.91. The SMILES string of the molecule is Cn1cc(C(CN)n2ccnc2C#N)cn1. The molecule has 0 bridgehead atoms. The number of hydrogen-bond donors (Lipinski definition) is 1. The highest BCUT2D eigenvalue weighted by Crippen LogP contribution is 2.17. The standard InChI is InChI=1S/C10H12N6/c1-15-7-8(6-14-15)9(4-11)16-3-2-13-10(16)5-12/h2-3,6-7,9H,4,11H2,1H3. The van der Waals surface area contributed by atoms with E-state index >= 15 is 0 Å². The van der Waals surface area contributed by atoms with Crippen LogP contribution in [0.2, 0.25) is 0 Å². The normalized spacial score (nSPS) is 12.3. The van der Waals surface area contributed by atoms with E-state index in [1.807, 2.05) is 19.3 Å². The van der Waals surface area contributed by atoms with Gasteiger partial charge in [-0.05, 0) is 0 Å². The third-order valence-corrected chi connectivity index (χ3v) is 2.44. The summed E-state index contributed by atoms with van der Waals surface area (Å²) in [6, 6.07) is 1.94. The van der Waals surface area contributed by atoms with E-state index in [2.05, 4.69) is 10.1 Å². The zero-order chi connectivity index (χ0) is 11.5. The van der Waals surface area contributed by atoms with Crippen molar-refractivity contribution in [3.63, 3.8) is 0 Å². The molecule has 0 aliphatic carbocycles. The van der Waals surface area contributed by atoms with Crippen LogP contribution >= 0.6 is 0 Å². The fraction of sp³-hybridized carbons (Fsp3) is 0.300. The van der Waals surface area contributed by atoms with Gasteiger partial charge in [-0.25, -0.2) is 4.98 Å². The van der Waals surface area contributed by atoms with Crippen LogP contribution in [0.1, 0.15) is 17.4 Å². The molecule has 0 saturated carbocycles. The van der Waals surface area contributed by atoms with E-state index in [4.69, 9.17) is 11.0 Å². The maximum atomic E-state index is 8.91. The van der Waals surface area contributed by atoms with Gasteiger partial charge in [-0.15, -0.1) is 0 Å². The van der Waals surface area contributed by atoms with Crippen LogP contribution in [-0.2, 0) is 7.05 Å². The zero-order valence-electron chi connectivity index (χ0n) is 8.91. The fourth-order valence-corrected chi connectivity index (χ4v) is 1.67. The molecule has 2 heterocycles. The lowest BCUT2D eigenvalue weighted by molar-refractivity contribution is 0.587. The Morgan fingerprint density at radius 1 is 1.62 bits per heavy atom. The van der Waals surface area contributed by atoms with Crippen molar-refractivity contribution in [2.24, 2.45) is 12.8 Å². The van der Waals surface area contributed by atoms with E-state index in [9.17, 15) is 0 Å². The molecule has 2 aromatic rings. The molecule has 2 rings (SSSR count). The van der Waals surface area contributed by atoms with Crippen LogP contribution in [0.3, 0.4) is 0 Å². The van der Waals surface area contributed by atoms with Gasteiger partial charge in [-0.2, -0.15) is 10.4 Å². The second kappa shape index (κ2) is 4.16. The van der Waals surface area contributed by atoms with E-state index in [1.54, 1.807) is 27.8 Å². The third-order valence-electron chi connectivity index (χ3n) is 2.44. The second-order valence-electron chi connectivity index (χ2n) is 3.47. The summed E-state index contributed by atoms with van der Waals surface area (Å²) < 4.78 is 3.47. The van der Waals surface area contributed by atoms with Crippen LogP contribution in [0.4, 0.5) is 0 Å². The molecule has 6 heteroatoms.